The highest BCUT2D eigenvalue weighted by molar-refractivity contribution is 5.95. The molecule has 1 aliphatic carbocycles. The van der Waals surface area contributed by atoms with Crippen LogP contribution in [0, 0.1) is 5.92 Å². The van der Waals surface area contributed by atoms with E-state index in [2.05, 4.69) is 15.2 Å². The van der Waals surface area contributed by atoms with Crippen LogP contribution in [0.15, 0.2) is 10.6 Å². The van der Waals surface area contributed by atoms with Gasteiger partial charge in [-0.3, -0.25) is 9.59 Å². The molecular formula is C15H21N3O5. The second-order valence-electron chi connectivity index (χ2n) is 5.72. The third-order valence-electron chi connectivity index (χ3n) is 4.09. The van der Waals surface area contributed by atoms with E-state index in [1.54, 1.807) is 0 Å². The third-order valence-corrected chi connectivity index (χ3v) is 4.09. The molecule has 1 atom stereocenters. The lowest BCUT2D eigenvalue weighted by atomic mass is 9.82. The molecule has 8 heteroatoms. The van der Waals surface area contributed by atoms with Gasteiger partial charge in [-0.1, -0.05) is 24.4 Å². The number of aromatic nitrogens is 1. The van der Waals surface area contributed by atoms with Crippen LogP contribution in [-0.4, -0.2) is 36.1 Å². The van der Waals surface area contributed by atoms with Gasteiger partial charge in [0, 0.05) is 18.5 Å². The number of carbonyl (C=O) groups is 3. The van der Waals surface area contributed by atoms with Crippen molar-refractivity contribution in [2.45, 2.75) is 44.6 Å². The molecule has 0 spiro atoms. The molecular weight excluding hydrogens is 302 g/mol. The molecule has 0 aliphatic heterocycles. The average molecular weight is 323 g/mol. The zero-order chi connectivity index (χ0) is 16.8. The highest BCUT2D eigenvalue weighted by atomic mass is 16.5. The van der Waals surface area contributed by atoms with Gasteiger partial charge in [-0.2, -0.15) is 0 Å². The van der Waals surface area contributed by atoms with Gasteiger partial charge < -0.3 is 20.3 Å². The van der Waals surface area contributed by atoms with Gasteiger partial charge in [-0.25, -0.2) is 4.79 Å². The summed E-state index contributed by atoms with van der Waals surface area (Å²) in [6, 6.07) is 0.877. The van der Waals surface area contributed by atoms with Crippen molar-refractivity contribution in [2.75, 3.05) is 7.11 Å². The van der Waals surface area contributed by atoms with E-state index in [4.69, 9.17) is 10.3 Å². The monoisotopic (exact) mass is 323 g/mol. The van der Waals surface area contributed by atoms with Gasteiger partial charge in [-0.05, 0) is 18.8 Å². The fraction of sp³-hybridized carbons (Fsp3) is 0.600. The van der Waals surface area contributed by atoms with Crippen LogP contribution in [0.1, 0.15) is 59.6 Å². The van der Waals surface area contributed by atoms with Crippen LogP contribution < -0.4 is 11.1 Å². The number of methoxy groups -OCH3 is 1. The molecule has 126 valence electrons. The minimum Gasteiger partial charge on any atom is -0.463 e. The lowest BCUT2D eigenvalue weighted by Crippen LogP contribution is -2.43. The van der Waals surface area contributed by atoms with Crippen LogP contribution in [0.5, 0.6) is 0 Å². The Hall–Kier alpha value is -2.38. The normalized spacial score (nSPS) is 16.6. The second kappa shape index (κ2) is 7.75. The van der Waals surface area contributed by atoms with E-state index in [0.717, 1.165) is 25.7 Å². The number of esters is 1. The van der Waals surface area contributed by atoms with Gasteiger partial charge in [0.2, 0.25) is 11.7 Å². The third kappa shape index (κ3) is 4.54. The number of carbonyl (C=O) groups excluding carboxylic acids is 3. The first-order chi connectivity index (χ1) is 11.0. The summed E-state index contributed by atoms with van der Waals surface area (Å²) in [6.45, 7) is 0. The molecule has 3 N–H and O–H groups in total. The number of ether oxygens (including phenoxy) is 1. The highest BCUT2D eigenvalue weighted by Gasteiger charge is 2.28. The molecule has 0 saturated heterocycles. The molecule has 2 rings (SSSR count). The van der Waals surface area contributed by atoms with Crippen molar-refractivity contribution >= 4 is 17.8 Å². The van der Waals surface area contributed by atoms with Gasteiger partial charge in [0.15, 0.2) is 5.69 Å². The highest BCUT2D eigenvalue weighted by Crippen LogP contribution is 2.28. The Morgan fingerprint density at radius 3 is 2.70 bits per heavy atom. The Morgan fingerprint density at radius 1 is 1.39 bits per heavy atom. The van der Waals surface area contributed by atoms with Crippen molar-refractivity contribution in [1.82, 2.24) is 10.5 Å². The first-order valence-corrected chi connectivity index (χ1v) is 7.65. The van der Waals surface area contributed by atoms with Gasteiger partial charge in [0.25, 0.3) is 5.91 Å². The zero-order valence-corrected chi connectivity index (χ0v) is 13.0. The van der Waals surface area contributed by atoms with E-state index < -0.39 is 17.8 Å². The van der Waals surface area contributed by atoms with Gasteiger partial charge >= 0.3 is 5.97 Å². The van der Waals surface area contributed by atoms with Crippen molar-refractivity contribution in [3.63, 3.8) is 0 Å². The molecule has 0 aromatic carbocycles. The summed E-state index contributed by atoms with van der Waals surface area (Å²) in [5, 5.41) is 6.35. The number of nitrogens with two attached hydrogens (primary N) is 1. The van der Waals surface area contributed by atoms with E-state index >= 15 is 0 Å². The molecule has 0 bridgehead atoms. The quantitative estimate of drug-likeness (QED) is 0.753. The number of amides is 2. The predicted octanol–water partition coefficient (Wildman–Crippen LogP) is 1.02. The van der Waals surface area contributed by atoms with Crippen LogP contribution in [0.2, 0.25) is 0 Å². The van der Waals surface area contributed by atoms with Crippen LogP contribution >= 0.6 is 0 Å². The van der Waals surface area contributed by atoms with Crippen molar-refractivity contribution < 1.29 is 23.6 Å². The van der Waals surface area contributed by atoms with Crippen molar-refractivity contribution in [2.24, 2.45) is 11.7 Å². The Balaban J connectivity index is 2.05. The average Bonchev–Trinajstić information content (AvgIpc) is 3.04. The number of rotatable bonds is 6. The SMILES string of the molecule is COC(=O)c1cc(C(=O)N[C@@H](CC(N)=O)C2CCCCC2)no1. The van der Waals surface area contributed by atoms with Crippen molar-refractivity contribution in [3.8, 4) is 0 Å². The van der Waals surface area contributed by atoms with Crippen LogP contribution in [0.25, 0.3) is 0 Å². The zero-order valence-electron chi connectivity index (χ0n) is 13.0. The standard InChI is InChI=1S/C15H21N3O5/c1-22-15(21)12-7-11(18-23-12)14(20)17-10(8-13(16)19)9-5-3-2-4-6-9/h7,9-10H,2-6,8H2,1H3,(H2,16,19)(H,17,20)/t10-/m0/s1. The van der Waals surface area contributed by atoms with Crippen molar-refractivity contribution in [1.29, 1.82) is 0 Å². The maximum absolute atomic E-state index is 12.3. The number of primary amides is 1. The first kappa shape index (κ1) is 17.0. The lowest BCUT2D eigenvalue weighted by molar-refractivity contribution is -0.118. The Kier molecular flexibility index (Phi) is 5.72. The van der Waals surface area contributed by atoms with E-state index in [9.17, 15) is 14.4 Å². The number of hydrogen-bond donors (Lipinski definition) is 2. The van der Waals surface area contributed by atoms with Gasteiger partial charge in [0.1, 0.15) is 0 Å². The Morgan fingerprint density at radius 2 is 2.09 bits per heavy atom. The summed E-state index contributed by atoms with van der Waals surface area (Å²) < 4.78 is 9.26. The fourth-order valence-corrected chi connectivity index (χ4v) is 2.91. The molecule has 2 amide bonds. The minimum atomic E-state index is -0.711. The topological polar surface area (TPSA) is 125 Å². The predicted molar refractivity (Wildman–Crippen MR) is 79.5 cm³/mol. The maximum atomic E-state index is 12.3. The summed E-state index contributed by atoms with van der Waals surface area (Å²) in [5.41, 5.74) is 5.26. The number of hydrogen-bond acceptors (Lipinski definition) is 6. The summed E-state index contributed by atoms with van der Waals surface area (Å²) in [7, 11) is 1.20. The number of nitrogens with one attached hydrogen (secondary N) is 1. The molecule has 1 aliphatic rings. The van der Waals surface area contributed by atoms with Crippen LogP contribution in [-0.2, 0) is 9.53 Å². The van der Waals surface area contributed by atoms with Crippen LogP contribution in [0.4, 0.5) is 0 Å². The van der Waals surface area contributed by atoms with Crippen molar-refractivity contribution in [3.05, 3.63) is 17.5 Å². The molecule has 1 saturated carbocycles. The summed E-state index contributed by atoms with van der Waals surface area (Å²) in [5.74, 6) is -1.61. The summed E-state index contributed by atoms with van der Waals surface area (Å²) in [4.78, 5) is 34.9. The fourth-order valence-electron chi connectivity index (χ4n) is 2.91. The molecule has 0 radical (unpaired) electrons. The summed E-state index contributed by atoms with van der Waals surface area (Å²) in [6.07, 6.45) is 5.30. The minimum absolute atomic E-state index is 0.0318. The Labute approximate surface area is 133 Å². The molecule has 1 aromatic rings. The molecule has 1 heterocycles. The smallest absolute Gasteiger partial charge is 0.376 e. The van der Waals surface area contributed by atoms with E-state index in [1.165, 1.54) is 19.6 Å². The summed E-state index contributed by atoms with van der Waals surface area (Å²) >= 11 is 0. The maximum Gasteiger partial charge on any atom is 0.376 e. The lowest BCUT2D eigenvalue weighted by Gasteiger charge is -2.30. The van der Waals surface area contributed by atoms with E-state index in [0.29, 0.717) is 0 Å². The number of nitrogens with zero attached hydrogens (tertiary/aromatic N) is 1. The van der Waals surface area contributed by atoms with E-state index in [-0.39, 0.29) is 29.8 Å². The molecule has 0 unspecified atom stereocenters. The molecule has 8 nitrogen and oxygen atoms in total. The van der Waals surface area contributed by atoms with Crippen LogP contribution in [0.3, 0.4) is 0 Å². The molecule has 1 aromatic heterocycles. The van der Waals surface area contributed by atoms with Gasteiger partial charge in [0.05, 0.1) is 7.11 Å². The van der Waals surface area contributed by atoms with Gasteiger partial charge in [-0.15, -0.1) is 0 Å². The largest absolute Gasteiger partial charge is 0.463 e. The molecule has 23 heavy (non-hydrogen) atoms. The second-order valence-corrected chi connectivity index (χ2v) is 5.72. The Bertz CT molecular complexity index is 577. The molecule has 1 fully saturated rings. The first-order valence-electron chi connectivity index (χ1n) is 7.65. The van der Waals surface area contributed by atoms with E-state index in [1.807, 2.05) is 0 Å².